The number of carbonyl (C=O) groups is 2. The van der Waals surface area contributed by atoms with Crippen LogP contribution in [0, 0.1) is 0 Å². The number of methoxy groups -OCH3 is 2. The number of hydrogen-bond acceptors (Lipinski definition) is 5. The van der Waals surface area contributed by atoms with E-state index >= 15 is 0 Å². The van der Waals surface area contributed by atoms with Crippen LogP contribution in [0.2, 0.25) is 0 Å². The van der Waals surface area contributed by atoms with Gasteiger partial charge in [0, 0.05) is 6.07 Å². The molecule has 0 saturated carbocycles. The molecule has 0 spiro atoms. The van der Waals surface area contributed by atoms with Crippen molar-refractivity contribution >= 4 is 29.0 Å². The normalized spacial score (nSPS) is 9.81. The van der Waals surface area contributed by atoms with Crippen molar-refractivity contribution in [3.05, 3.63) is 40.6 Å². The van der Waals surface area contributed by atoms with Gasteiger partial charge in [-0.3, -0.25) is 10.1 Å². The van der Waals surface area contributed by atoms with E-state index in [2.05, 4.69) is 10.6 Å². The lowest BCUT2D eigenvalue weighted by atomic mass is 10.2. The first kappa shape index (κ1) is 14.9. The average molecular weight is 306 g/mol. The van der Waals surface area contributed by atoms with E-state index in [0.29, 0.717) is 22.1 Å². The number of thiophene rings is 1. The van der Waals surface area contributed by atoms with Crippen LogP contribution in [0.25, 0.3) is 0 Å². The molecule has 0 aliphatic heterocycles. The summed E-state index contributed by atoms with van der Waals surface area (Å²) in [5, 5.41) is 6.57. The number of anilines is 1. The topological polar surface area (TPSA) is 76.7 Å². The summed E-state index contributed by atoms with van der Waals surface area (Å²) in [4.78, 5) is 24.0. The Morgan fingerprint density at radius 2 is 1.95 bits per heavy atom. The lowest BCUT2D eigenvalue weighted by Gasteiger charge is -2.11. The Labute approximate surface area is 125 Å². The van der Waals surface area contributed by atoms with Crippen LogP contribution >= 0.6 is 11.3 Å². The Bertz CT molecular complexity index is 640. The van der Waals surface area contributed by atoms with Crippen molar-refractivity contribution in [2.24, 2.45) is 0 Å². The number of amides is 3. The lowest BCUT2D eigenvalue weighted by Crippen LogP contribution is -2.33. The minimum atomic E-state index is -0.628. The molecule has 1 heterocycles. The SMILES string of the molecule is COc1ccc(NC(=O)NC(=O)c2cccs2)c(OC)c1. The van der Waals surface area contributed by atoms with Crippen LogP contribution < -0.4 is 20.1 Å². The third kappa shape index (κ3) is 3.73. The molecule has 2 N–H and O–H groups in total. The van der Waals surface area contributed by atoms with Gasteiger partial charge in [0.2, 0.25) is 0 Å². The molecule has 3 amide bonds. The van der Waals surface area contributed by atoms with Gasteiger partial charge in [-0.1, -0.05) is 6.07 Å². The highest BCUT2D eigenvalue weighted by molar-refractivity contribution is 7.12. The number of urea groups is 1. The van der Waals surface area contributed by atoms with Crippen LogP contribution in [0.4, 0.5) is 10.5 Å². The van der Waals surface area contributed by atoms with Crippen LogP contribution in [0.15, 0.2) is 35.7 Å². The Balaban J connectivity index is 2.04. The summed E-state index contributed by atoms with van der Waals surface area (Å²) >= 11 is 1.26. The molecular weight excluding hydrogens is 292 g/mol. The quantitative estimate of drug-likeness (QED) is 0.910. The van der Waals surface area contributed by atoms with E-state index in [4.69, 9.17) is 9.47 Å². The molecule has 2 aromatic rings. The van der Waals surface area contributed by atoms with Crippen molar-refractivity contribution in [1.82, 2.24) is 5.32 Å². The molecule has 0 unspecified atom stereocenters. The molecule has 1 aromatic carbocycles. The van der Waals surface area contributed by atoms with Crippen molar-refractivity contribution in [3.8, 4) is 11.5 Å². The van der Waals surface area contributed by atoms with Gasteiger partial charge in [-0.2, -0.15) is 0 Å². The number of hydrogen-bond donors (Lipinski definition) is 2. The smallest absolute Gasteiger partial charge is 0.326 e. The minimum Gasteiger partial charge on any atom is -0.497 e. The van der Waals surface area contributed by atoms with Gasteiger partial charge in [0.1, 0.15) is 11.5 Å². The molecule has 0 aliphatic carbocycles. The van der Waals surface area contributed by atoms with E-state index in [1.807, 2.05) is 0 Å². The number of rotatable bonds is 4. The minimum absolute atomic E-state index is 0.438. The molecular formula is C14H14N2O4S. The van der Waals surface area contributed by atoms with E-state index in [-0.39, 0.29) is 0 Å². The molecule has 1 aromatic heterocycles. The second kappa shape index (κ2) is 6.76. The summed E-state index contributed by atoms with van der Waals surface area (Å²) in [5.41, 5.74) is 0.440. The second-order valence-corrected chi connectivity index (χ2v) is 4.90. The van der Waals surface area contributed by atoms with E-state index in [0.717, 1.165) is 0 Å². The Morgan fingerprint density at radius 3 is 2.57 bits per heavy atom. The van der Waals surface area contributed by atoms with Crippen molar-refractivity contribution in [1.29, 1.82) is 0 Å². The maximum absolute atomic E-state index is 11.8. The van der Waals surface area contributed by atoms with Gasteiger partial charge in [-0.05, 0) is 23.6 Å². The van der Waals surface area contributed by atoms with E-state index in [9.17, 15) is 9.59 Å². The molecule has 0 bridgehead atoms. The van der Waals surface area contributed by atoms with Crippen molar-refractivity contribution in [3.63, 3.8) is 0 Å². The predicted molar refractivity (Wildman–Crippen MR) is 80.3 cm³/mol. The first-order chi connectivity index (χ1) is 10.1. The standard InChI is InChI=1S/C14H14N2O4S/c1-19-9-5-6-10(11(8-9)20-2)15-14(18)16-13(17)12-4-3-7-21-12/h3-8H,1-2H3,(H2,15,16,17,18). The molecule has 0 atom stereocenters. The largest absolute Gasteiger partial charge is 0.497 e. The monoisotopic (exact) mass is 306 g/mol. The molecule has 21 heavy (non-hydrogen) atoms. The highest BCUT2D eigenvalue weighted by Gasteiger charge is 2.13. The molecule has 0 fully saturated rings. The summed E-state index contributed by atoms with van der Waals surface area (Å²) in [6.45, 7) is 0. The fraction of sp³-hybridized carbons (Fsp3) is 0.143. The Morgan fingerprint density at radius 1 is 1.14 bits per heavy atom. The number of imide groups is 1. The molecule has 0 aliphatic rings. The maximum atomic E-state index is 11.8. The van der Waals surface area contributed by atoms with Crippen LogP contribution in [0.1, 0.15) is 9.67 Å². The molecule has 2 rings (SSSR count). The molecule has 110 valence electrons. The van der Waals surface area contributed by atoms with E-state index < -0.39 is 11.9 Å². The van der Waals surface area contributed by atoms with Crippen LogP contribution in [0.3, 0.4) is 0 Å². The van der Waals surface area contributed by atoms with Gasteiger partial charge < -0.3 is 14.8 Å². The average Bonchev–Trinajstić information content (AvgIpc) is 3.01. The number of benzene rings is 1. The van der Waals surface area contributed by atoms with Crippen LogP contribution in [-0.2, 0) is 0 Å². The summed E-state index contributed by atoms with van der Waals surface area (Å²) in [6.07, 6.45) is 0. The van der Waals surface area contributed by atoms with Crippen molar-refractivity contribution in [2.45, 2.75) is 0 Å². The molecule has 7 heteroatoms. The first-order valence-corrected chi connectivity index (χ1v) is 6.90. The lowest BCUT2D eigenvalue weighted by molar-refractivity contribution is 0.0971. The highest BCUT2D eigenvalue weighted by atomic mass is 32.1. The summed E-state index contributed by atoms with van der Waals surface area (Å²) < 4.78 is 10.2. The van der Waals surface area contributed by atoms with Gasteiger partial charge in [0.25, 0.3) is 5.91 Å². The highest BCUT2D eigenvalue weighted by Crippen LogP contribution is 2.28. The fourth-order valence-corrected chi connectivity index (χ4v) is 2.25. The fourth-order valence-electron chi connectivity index (χ4n) is 1.63. The third-order valence-electron chi connectivity index (χ3n) is 2.63. The summed E-state index contributed by atoms with van der Waals surface area (Å²) in [7, 11) is 3.02. The summed E-state index contributed by atoms with van der Waals surface area (Å²) in [5.74, 6) is 0.593. The predicted octanol–water partition coefficient (Wildman–Crippen LogP) is 2.73. The van der Waals surface area contributed by atoms with Crippen molar-refractivity contribution < 1.29 is 19.1 Å². The van der Waals surface area contributed by atoms with Crippen LogP contribution in [0.5, 0.6) is 11.5 Å². The zero-order chi connectivity index (χ0) is 15.2. The van der Waals surface area contributed by atoms with Gasteiger partial charge in [0.15, 0.2) is 0 Å². The number of ether oxygens (including phenoxy) is 2. The van der Waals surface area contributed by atoms with Gasteiger partial charge >= 0.3 is 6.03 Å². The van der Waals surface area contributed by atoms with Gasteiger partial charge in [0.05, 0.1) is 24.8 Å². The van der Waals surface area contributed by atoms with Gasteiger partial charge in [-0.15, -0.1) is 11.3 Å². The molecule has 0 radical (unpaired) electrons. The van der Waals surface area contributed by atoms with Gasteiger partial charge in [-0.25, -0.2) is 4.79 Å². The maximum Gasteiger partial charge on any atom is 0.326 e. The van der Waals surface area contributed by atoms with E-state index in [1.54, 1.807) is 35.7 Å². The van der Waals surface area contributed by atoms with E-state index in [1.165, 1.54) is 25.6 Å². The Hall–Kier alpha value is -2.54. The van der Waals surface area contributed by atoms with Crippen molar-refractivity contribution in [2.75, 3.05) is 19.5 Å². The summed E-state index contributed by atoms with van der Waals surface area (Å²) in [6, 6.07) is 7.70. The zero-order valence-corrected chi connectivity index (χ0v) is 12.3. The molecule has 0 saturated heterocycles. The first-order valence-electron chi connectivity index (χ1n) is 6.02. The van der Waals surface area contributed by atoms with Crippen LogP contribution in [-0.4, -0.2) is 26.2 Å². The second-order valence-electron chi connectivity index (χ2n) is 3.95. The number of nitrogens with one attached hydrogen (secondary N) is 2. The zero-order valence-electron chi connectivity index (χ0n) is 11.5. The Kier molecular flexibility index (Phi) is 4.78. The molecule has 6 nitrogen and oxygen atoms in total. The number of carbonyl (C=O) groups excluding carboxylic acids is 2. The third-order valence-corrected chi connectivity index (χ3v) is 3.50.